The van der Waals surface area contributed by atoms with Gasteiger partial charge < -0.3 is 15.4 Å². The molecule has 8 heteroatoms. The van der Waals surface area contributed by atoms with Crippen LogP contribution >= 0.6 is 11.6 Å². The molecule has 1 aromatic heterocycles. The summed E-state index contributed by atoms with van der Waals surface area (Å²) in [6.45, 7) is 8.30. The van der Waals surface area contributed by atoms with Gasteiger partial charge in [-0.3, -0.25) is 4.79 Å². The Bertz CT molecular complexity index is 923. The summed E-state index contributed by atoms with van der Waals surface area (Å²) in [5, 5.41) is 6.84. The Hall–Kier alpha value is -2.80. The molecule has 0 spiro atoms. The number of anilines is 3. The first-order valence-corrected chi connectivity index (χ1v) is 9.90. The van der Waals surface area contributed by atoms with Crippen LogP contribution in [0.1, 0.15) is 50.0 Å². The van der Waals surface area contributed by atoms with E-state index in [4.69, 9.17) is 16.3 Å². The predicted molar refractivity (Wildman–Crippen MR) is 114 cm³/mol. The van der Waals surface area contributed by atoms with Crippen molar-refractivity contribution in [1.82, 2.24) is 9.88 Å². The average molecular weight is 417 g/mol. The fourth-order valence-corrected chi connectivity index (χ4v) is 3.15. The Morgan fingerprint density at radius 3 is 2.66 bits per heavy atom. The van der Waals surface area contributed by atoms with E-state index in [1.807, 2.05) is 12.1 Å². The van der Waals surface area contributed by atoms with Crippen molar-refractivity contribution < 1.29 is 14.3 Å². The molecule has 0 aliphatic carbocycles. The smallest absolute Gasteiger partial charge is 0.417 e. The monoisotopic (exact) mass is 416 g/mol. The second-order valence-corrected chi connectivity index (χ2v) is 8.21. The zero-order valence-corrected chi connectivity index (χ0v) is 17.8. The predicted octanol–water partition coefficient (Wildman–Crippen LogP) is 5.19. The normalized spacial score (nSPS) is 13.3. The molecule has 0 atom stereocenters. The standard InChI is InChI=1S/C21H25ClN4O3/c1-5-10-23-13-6-9-17(24-11-13)25-16-8-7-15(22)14-12-26(19(27)18(14)16)20(28)29-21(2,3)4/h6-9,11,23H,5,10,12H2,1-4H3,(H,24,25). The van der Waals surface area contributed by atoms with Crippen molar-refractivity contribution in [2.24, 2.45) is 0 Å². The molecule has 1 aromatic carbocycles. The first-order chi connectivity index (χ1) is 13.7. The van der Waals surface area contributed by atoms with Crippen LogP contribution in [-0.2, 0) is 11.3 Å². The summed E-state index contributed by atoms with van der Waals surface area (Å²) in [4.78, 5) is 30.8. The molecule has 0 saturated carbocycles. The minimum absolute atomic E-state index is 0.0741. The van der Waals surface area contributed by atoms with Gasteiger partial charge in [0, 0.05) is 17.1 Å². The van der Waals surface area contributed by atoms with Crippen molar-refractivity contribution in [2.45, 2.75) is 46.3 Å². The lowest BCUT2D eigenvalue weighted by Crippen LogP contribution is -2.37. The van der Waals surface area contributed by atoms with Crippen LogP contribution in [0.3, 0.4) is 0 Å². The van der Waals surface area contributed by atoms with Gasteiger partial charge in [0.15, 0.2) is 0 Å². The average Bonchev–Trinajstić information content (AvgIpc) is 3.01. The number of pyridine rings is 1. The number of carbonyl (C=O) groups excluding carboxylic acids is 2. The van der Waals surface area contributed by atoms with Gasteiger partial charge >= 0.3 is 6.09 Å². The third-order valence-corrected chi connectivity index (χ3v) is 4.60. The van der Waals surface area contributed by atoms with Crippen LogP contribution in [0.5, 0.6) is 0 Å². The molecule has 2 heterocycles. The number of ether oxygens (including phenoxy) is 1. The Kier molecular flexibility index (Phi) is 5.98. The van der Waals surface area contributed by atoms with Crippen molar-refractivity contribution in [1.29, 1.82) is 0 Å². The molecule has 0 saturated heterocycles. The summed E-state index contributed by atoms with van der Waals surface area (Å²) in [5.41, 5.74) is 1.72. The zero-order chi connectivity index (χ0) is 21.2. The van der Waals surface area contributed by atoms with Crippen molar-refractivity contribution in [3.63, 3.8) is 0 Å². The Morgan fingerprint density at radius 1 is 1.28 bits per heavy atom. The van der Waals surface area contributed by atoms with Gasteiger partial charge in [-0.05, 0) is 51.5 Å². The molecule has 2 amide bonds. The minimum atomic E-state index is -0.700. The topological polar surface area (TPSA) is 83.6 Å². The number of amides is 2. The molecule has 29 heavy (non-hydrogen) atoms. The maximum absolute atomic E-state index is 13.0. The van der Waals surface area contributed by atoms with Gasteiger partial charge in [-0.25, -0.2) is 14.7 Å². The van der Waals surface area contributed by atoms with E-state index >= 15 is 0 Å². The molecule has 154 valence electrons. The van der Waals surface area contributed by atoms with Gasteiger partial charge in [-0.1, -0.05) is 18.5 Å². The molecular formula is C21H25ClN4O3. The minimum Gasteiger partial charge on any atom is -0.443 e. The maximum atomic E-state index is 13.0. The van der Waals surface area contributed by atoms with Crippen LogP contribution in [0.25, 0.3) is 0 Å². The summed E-state index contributed by atoms with van der Waals surface area (Å²) in [6.07, 6.45) is 2.06. The van der Waals surface area contributed by atoms with Crippen LogP contribution in [0.2, 0.25) is 5.02 Å². The van der Waals surface area contributed by atoms with Crippen LogP contribution in [0.15, 0.2) is 30.5 Å². The molecule has 0 unspecified atom stereocenters. The second kappa shape index (κ2) is 8.29. The highest BCUT2D eigenvalue weighted by Crippen LogP contribution is 2.36. The largest absolute Gasteiger partial charge is 0.443 e. The zero-order valence-electron chi connectivity index (χ0n) is 17.0. The maximum Gasteiger partial charge on any atom is 0.417 e. The van der Waals surface area contributed by atoms with Crippen LogP contribution in [-0.4, -0.2) is 34.0 Å². The summed E-state index contributed by atoms with van der Waals surface area (Å²) < 4.78 is 5.35. The van der Waals surface area contributed by atoms with E-state index in [9.17, 15) is 9.59 Å². The molecule has 0 radical (unpaired) electrons. The van der Waals surface area contributed by atoms with E-state index < -0.39 is 17.6 Å². The number of imide groups is 1. The van der Waals surface area contributed by atoms with Crippen LogP contribution in [0, 0.1) is 0 Å². The highest BCUT2D eigenvalue weighted by atomic mass is 35.5. The number of rotatable bonds is 5. The number of nitrogens with one attached hydrogen (secondary N) is 2. The summed E-state index contributed by atoms with van der Waals surface area (Å²) in [7, 11) is 0. The first-order valence-electron chi connectivity index (χ1n) is 9.52. The number of nitrogens with zero attached hydrogens (tertiary/aromatic N) is 2. The van der Waals surface area contributed by atoms with Gasteiger partial charge in [-0.2, -0.15) is 0 Å². The van der Waals surface area contributed by atoms with E-state index in [-0.39, 0.29) is 6.54 Å². The number of fused-ring (bicyclic) bond motifs is 1. The number of hydrogen-bond acceptors (Lipinski definition) is 6. The lowest BCUT2D eigenvalue weighted by molar-refractivity contribution is 0.0248. The van der Waals surface area contributed by atoms with E-state index in [1.165, 1.54) is 0 Å². The molecule has 1 aliphatic heterocycles. The number of carbonyl (C=O) groups is 2. The number of aromatic nitrogens is 1. The fourth-order valence-electron chi connectivity index (χ4n) is 2.93. The van der Waals surface area contributed by atoms with Crippen molar-refractivity contribution in [3.8, 4) is 0 Å². The van der Waals surface area contributed by atoms with Gasteiger partial charge in [0.25, 0.3) is 5.91 Å². The van der Waals surface area contributed by atoms with E-state index in [2.05, 4.69) is 22.5 Å². The van der Waals surface area contributed by atoms with Crippen LogP contribution in [0.4, 0.5) is 22.0 Å². The van der Waals surface area contributed by atoms with Gasteiger partial charge in [0.2, 0.25) is 0 Å². The summed E-state index contributed by atoms with van der Waals surface area (Å²) >= 11 is 6.30. The quantitative estimate of drug-likeness (QED) is 0.697. The molecular weight excluding hydrogens is 392 g/mol. The van der Waals surface area contributed by atoms with Crippen molar-refractivity contribution in [2.75, 3.05) is 17.2 Å². The Balaban J connectivity index is 1.83. The SMILES string of the molecule is CCCNc1ccc(Nc2ccc(Cl)c3c2C(=O)N(C(=O)OC(C)(C)C)C3)nc1. The number of hydrogen-bond donors (Lipinski definition) is 2. The third kappa shape index (κ3) is 4.79. The summed E-state index contributed by atoms with van der Waals surface area (Å²) in [6, 6.07) is 7.15. The molecule has 3 rings (SSSR count). The summed E-state index contributed by atoms with van der Waals surface area (Å²) in [5.74, 6) is 0.139. The van der Waals surface area contributed by atoms with Gasteiger partial charge in [0.05, 0.1) is 29.7 Å². The fraction of sp³-hybridized carbons (Fsp3) is 0.381. The molecule has 2 N–H and O–H groups in total. The van der Waals surface area contributed by atoms with Crippen molar-refractivity contribution in [3.05, 3.63) is 46.6 Å². The van der Waals surface area contributed by atoms with E-state index in [1.54, 1.807) is 39.1 Å². The highest BCUT2D eigenvalue weighted by Gasteiger charge is 2.38. The van der Waals surface area contributed by atoms with Crippen molar-refractivity contribution >= 4 is 40.8 Å². The van der Waals surface area contributed by atoms with Gasteiger partial charge in [0.1, 0.15) is 11.4 Å². The lowest BCUT2D eigenvalue weighted by atomic mass is 10.1. The number of halogens is 1. The molecule has 0 bridgehead atoms. The lowest BCUT2D eigenvalue weighted by Gasteiger charge is -2.23. The van der Waals surface area contributed by atoms with Gasteiger partial charge in [-0.15, -0.1) is 0 Å². The molecule has 0 fully saturated rings. The molecule has 2 aromatic rings. The highest BCUT2D eigenvalue weighted by molar-refractivity contribution is 6.32. The third-order valence-electron chi connectivity index (χ3n) is 4.25. The number of benzene rings is 1. The first kappa shape index (κ1) is 20.9. The molecule has 7 nitrogen and oxygen atoms in total. The van der Waals surface area contributed by atoms with E-state index in [0.29, 0.717) is 27.7 Å². The van der Waals surface area contributed by atoms with Crippen LogP contribution < -0.4 is 10.6 Å². The Labute approximate surface area is 175 Å². The van der Waals surface area contributed by atoms with E-state index in [0.717, 1.165) is 23.6 Å². The Morgan fingerprint density at radius 2 is 2.03 bits per heavy atom. The second-order valence-electron chi connectivity index (χ2n) is 7.80. The molecule has 1 aliphatic rings.